The predicted octanol–water partition coefficient (Wildman–Crippen LogP) is 3.00. The van der Waals surface area contributed by atoms with Crippen molar-refractivity contribution in [2.75, 3.05) is 0 Å². The van der Waals surface area contributed by atoms with E-state index in [-0.39, 0.29) is 6.07 Å². The maximum atomic E-state index is 13.4. The summed E-state index contributed by atoms with van der Waals surface area (Å²) in [6.07, 6.45) is -3.02. The molecule has 0 spiro atoms. The van der Waals surface area contributed by atoms with Gasteiger partial charge in [0, 0.05) is 6.20 Å². The lowest BCUT2D eigenvalue weighted by atomic mass is 10.2. The van der Waals surface area contributed by atoms with Gasteiger partial charge in [-0.15, -0.1) is 0 Å². The summed E-state index contributed by atoms with van der Waals surface area (Å²) in [6, 6.07) is 0.777. The van der Waals surface area contributed by atoms with Crippen LogP contribution in [-0.4, -0.2) is 18.9 Å². The maximum absolute atomic E-state index is 13.4. The van der Waals surface area contributed by atoms with E-state index < -0.39 is 38.3 Å². The number of rotatable bonds is 3. The maximum Gasteiger partial charge on any atom is 0.503 e. The minimum atomic E-state index is -6.99. The SMILES string of the molecule is O=S(=O)(C(F)(F)F)C(F)(F)c1cccnc1C(F)F. The van der Waals surface area contributed by atoms with Crippen molar-refractivity contribution in [3.05, 3.63) is 29.6 Å². The Morgan fingerprint density at radius 3 is 2.05 bits per heavy atom. The van der Waals surface area contributed by atoms with Crippen molar-refractivity contribution in [1.82, 2.24) is 4.98 Å². The Kier molecular flexibility index (Phi) is 3.81. The third-order valence-corrected chi connectivity index (χ3v) is 3.51. The number of sulfone groups is 1. The van der Waals surface area contributed by atoms with Crippen molar-refractivity contribution in [3.8, 4) is 0 Å². The fraction of sp³-hybridized carbons (Fsp3) is 0.375. The molecule has 1 heterocycles. The van der Waals surface area contributed by atoms with Crippen LogP contribution in [0.4, 0.5) is 30.7 Å². The predicted molar refractivity (Wildman–Crippen MR) is 48.1 cm³/mol. The molecule has 0 unspecified atom stereocenters. The van der Waals surface area contributed by atoms with E-state index in [0.29, 0.717) is 12.3 Å². The normalized spacial score (nSPS) is 13.9. The Hall–Kier alpha value is -1.39. The first-order chi connectivity index (χ1) is 8.43. The molecule has 0 fully saturated rings. The van der Waals surface area contributed by atoms with E-state index in [1.165, 1.54) is 0 Å². The van der Waals surface area contributed by atoms with Crippen molar-refractivity contribution in [2.45, 2.75) is 17.2 Å². The van der Waals surface area contributed by atoms with Gasteiger partial charge in [0.05, 0.1) is 5.56 Å². The van der Waals surface area contributed by atoms with Crippen LogP contribution < -0.4 is 0 Å². The van der Waals surface area contributed by atoms with Crippen molar-refractivity contribution in [2.24, 2.45) is 0 Å². The average molecular weight is 311 g/mol. The van der Waals surface area contributed by atoms with E-state index >= 15 is 0 Å². The Labute approximate surface area is 102 Å². The van der Waals surface area contributed by atoms with E-state index in [4.69, 9.17) is 0 Å². The molecule has 3 nitrogen and oxygen atoms in total. The highest BCUT2D eigenvalue weighted by atomic mass is 32.2. The van der Waals surface area contributed by atoms with Crippen molar-refractivity contribution in [1.29, 1.82) is 0 Å². The fourth-order valence-corrected chi connectivity index (χ4v) is 1.88. The summed E-state index contributed by atoms with van der Waals surface area (Å²) in [5, 5.41) is -5.55. The lowest BCUT2D eigenvalue weighted by Crippen LogP contribution is -2.38. The summed E-state index contributed by atoms with van der Waals surface area (Å²) in [6.45, 7) is 0. The summed E-state index contributed by atoms with van der Waals surface area (Å²) < 4.78 is 109. The van der Waals surface area contributed by atoms with E-state index in [1.54, 1.807) is 0 Å². The number of pyridine rings is 1. The minimum absolute atomic E-state index is 0.151. The molecule has 0 bridgehead atoms. The van der Waals surface area contributed by atoms with Gasteiger partial charge in [0.25, 0.3) is 6.43 Å². The van der Waals surface area contributed by atoms with Crippen LogP contribution >= 0.6 is 0 Å². The summed E-state index contributed by atoms with van der Waals surface area (Å²) >= 11 is 0. The van der Waals surface area contributed by atoms with Crippen LogP contribution in [-0.2, 0) is 15.1 Å². The number of halogens is 7. The number of aromatic nitrogens is 1. The third-order valence-electron chi connectivity index (χ3n) is 2.00. The highest BCUT2D eigenvalue weighted by Crippen LogP contribution is 2.45. The molecule has 0 radical (unpaired) electrons. The largest absolute Gasteiger partial charge is 0.503 e. The molecule has 0 aliphatic heterocycles. The molecule has 0 saturated heterocycles. The second-order valence-electron chi connectivity index (χ2n) is 3.20. The van der Waals surface area contributed by atoms with Gasteiger partial charge >= 0.3 is 20.6 Å². The number of hydrogen-bond acceptors (Lipinski definition) is 3. The van der Waals surface area contributed by atoms with Gasteiger partial charge in [-0.1, -0.05) is 0 Å². The van der Waals surface area contributed by atoms with Gasteiger partial charge in [-0.3, -0.25) is 4.98 Å². The van der Waals surface area contributed by atoms with Gasteiger partial charge in [-0.2, -0.15) is 22.0 Å². The zero-order valence-corrected chi connectivity index (χ0v) is 9.44. The number of alkyl halides is 7. The molecule has 0 aromatic carbocycles. The molecule has 0 saturated carbocycles. The van der Waals surface area contributed by atoms with Gasteiger partial charge in [0.1, 0.15) is 5.69 Å². The highest BCUT2D eigenvalue weighted by molar-refractivity contribution is 7.92. The van der Waals surface area contributed by atoms with Crippen LogP contribution in [0.5, 0.6) is 0 Å². The van der Waals surface area contributed by atoms with E-state index in [1.807, 2.05) is 0 Å². The van der Waals surface area contributed by atoms with Crippen LogP contribution in [0.1, 0.15) is 17.7 Å². The van der Waals surface area contributed by atoms with Gasteiger partial charge in [-0.25, -0.2) is 17.2 Å². The van der Waals surface area contributed by atoms with Gasteiger partial charge < -0.3 is 0 Å². The minimum Gasteiger partial charge on any atom is -0.255 e. The number of hydrogen-bond donors (Lipinski definition) is 0. The van der Waals surface area contributed by atoms with Gasteiger partial charge in [-0.05, 0) is 12.1 Å². The molecule has 0 amide bonds. The quantitative estimate of drug-likeness (QED) is 0.806. The van der Waals surface area contributed by atoms with E-state index in [0.717, 1.165) is 0 Å². The summed E-state index contributed by atoms with van der Waals surface area (Å²) in [7, 11) is -6.99. The van der Waals surface area contributed by atoms with Crippen LogP contribution in [0.3, 0.4) is 0 Å². The molecule has 108 valence electrons. The number of nitrogens with zero attached hydrogens (tertiary/aromatic N) is 1. The molecule has 11 heteroatoms. The van der Waals surface area contributed by atoms with Gasteiger partial charge in [0.15, 0.2) is 0 Å². The second kappa shape index (κ2) is 4.62. The zero-order valence-electron chi connectivity index (χ0n) is 8.63. The molecule has 0 aliphatic rings. The average Bonchev–Trinajstić information content (AvgIpc) is 2.27. The van der Waals surface area contributed by atoms with E-state index in [2.05, 4.69) is 4.98 Å². The fourth-order valence-electron chi connectivity index (χ4n) is 1.13. The topological polar surface area (TPSA) is 47.0 Å². The summed E-state index contributed by atoms with van der Waals surface area (Å²) in [5.74, 6) is 0. The highest BCUT2D eigenvalue weighted by Gasteiger charge is 2.63. The Balaban J connectivity index is 3.53. The molecule has 0 aliphatic carbocycles. The van der Waals surface area contributed by atoms with Crippen LogP contribution in [0.25, 0.3) is 0 Å². The van der Waals surface area contributed by atoms with Crippen molar-refractivity contribution >= 4 is 9.84 Å². The first kappa shape index (κ1) is 15.7. The molecular weight excluding hydrogens is 307 g/mol. The van der Waals surface area contributed by atoms with E-state index in [9.17, 15) is 39.2 Å². The van der Waals surface area contributed by atoms with Gasteiger partial charge in [0.2, 0.25) is 0 Å². The lowest BCUT2D eigenvalue weighted by molar-refractivity contribution is -0.0577. The molecule has 1 rings (SSSR count). The van der Waals surface area contributed by atoms with Crippen LogP contribution in [0.15, 0.2) is 18.3 Å². The van der Waals surface area contributed by atoms with Crippen LogP contribution in [0, 0.1) is 0 Å². The smallest absolute Gasteiger partial charge is 0.255 e. The Bertz CT molecular complexity index is 567. The molecular formula is C8H4F7NO2S. The third kappa shape index (κ3) is 2.51. The summed E-state index contributed by atoms with van der Waals surface area (Å²) in [5.41, 5.74) is -10.0. The molecule has 1 aromatic heterocycles. The molecule has 0 N–H and O–H groups in total. The molecule has 19 heavy (non-hydrogen) atoms. The second-order valence-corrected chi connectivity index (χ2v) is 5.19. The Morgan fingerprint density at radius 2 is 1.63 bits per heavy atom. The Morgan fingerprint density at radius 1 is 1.11 bits per heavy atom. The standard InChI is InChI=1S/C8H4F7NO2S/c9-6(10)5-4(2-1-3-16-5)7(11,12)19(17,18)8(13,14)15/h1-3,6H. The first-order valence-electron chi connectivity index (χ1n) is 4.35. The molecule has 1 aromatic rings. The van der Waals surface area contributed by atoms with Crippen LogP contribution in [0.2, 0.25) is 0 Å². The first-order valence-corrected chi connectivity index (χ1v) is 5.83. The summed E-state index contributed by atoms with van der Waals surface area (Å²) in [4.78, 5) is 2.78. The lowest BCUT2D eigenvalue weighted by Gasteiger charge is -2.20. The molecule has 0 atom stereocenters. The zero-order chi connectivity index (χ0) is 15.1. The van der Waals surface area contributed by atoms with Crippen molar-refractivity contribution < 1.29 is 39.2 Å². The van der Waals surface area contributed by atoms with Crippen molar-refractivity contribution in [3.63, 3.8) is 0 Å². The monoisotopic (exact) mass is 311 g/mol.